The van der Waals surface area contributed by atoms with Gasteiger partial charge in [-0.25, -0.2) is 0 Å². The van der Waals surface area contributed by atoms with Crippen molar-refractivity contribution in [2.45, 2.75) is 52.7 Å². The Morgan fingerprint density at radius 1 is 1.00 bits per heavy atom. The molecule has 0 saturated heterocycles. The lowest BCUT2D eigenvalue weighted by atomic mass is 9.82. The molecule has 2 aromatic rings. The Labute approximate surface area is 158 Å². The third kappa shape index (κ3) is 4.16. The van der Waals surface area contributed by atoms with Crippen molar-refractivity contribution in [3.05, 3.63) is 71.3 Å². The molecule has 0 heterocycles. The number of rotatable bonds is 8. The summed E-state index contributed by atoms with van der Waals surface area (Å²) in [7, 11) is 0. The van der Waals surface area contributed by atoms with E-state index in [2.05, 4.69) is 56.9 Å². The van der Waals surface area contributed by atoms with Gasteiger partial charge in [0.05, 0.1) is 0 Å². The first kappa shape index (κ1) is 20.2. The van der Waals surface area contributed by atoms with Crippen LogP contribution in [0, 0.1) is 0 Å². The third-order valence-electron chi connectivity index (χ3n) is 5.25. The summed E-state index contributed by atoms with van der Waals surface area (Å²) in [6, 6.07) is 18.8. The Hall–Kier alpha value is -2.13. The first-order valence-corrected chi connectivity index (χ1v) is 9.58. The van der Waals surface area contributed by atoms with E-state index < -0.39 is 5.60 Å². The largest absolute Gasteiger partial charge is 0.449 e. The molecule has 0 saturated carbocycles. The molecule has 0 aliphatic carbocycles. The molecule has 3 nitrogen and oxygen atoms in total. The molecule has 2 unspecified atom stereocenters. The fraction of sp³-hybridized carbons (Fsp3) is 0.435. The topological polar surface area (TPSA) is 29.5 Å². The fourth-order valence-corrected chi connectivity index (χ4v) is 3.75. The summed E-state index contributed by atoms with van der Waals surface area (Å²) in [5.41, 5.74) is 2.52. The first-order valence-electron chi connectivity index (χ1n) is 9.58. The zero-order valence-electron chi connectivity index (χ0n) is 16.7. The van der Waals surface area contributed by atoms with Crippen LogP contribution >= 0.6 is 0 Å². The van der Waals surface area contributed by atoms with Crippen LogP contribution in [-0.2, 0) is 15.1 Å². The van der Waals surface area contributed by atoms with Crippen molar-refractivity contribution in [3.8, 4) is 0 Å². The number of carbonyl (C=O) groups is 1. The standard InChI is InChI=1S/C23H31NO2/c1-6-23(26-19(5)25,21-14-10-9-11-15-21)22-16-12-13-20(17-22)18(4)24(7-2)8-3/h9-18H,6-8H2,1-5H3. The number of hydrogen-bond donors (Lipinski definition) is 0. The lowest BCUT2D eigenvalue weighted by Gasteiger charge is -2.34. The molecule has 0 amide bonds. The van der Waals surface area contributed by atoms with Gasteiger partial charge >= 0.3 is 5.97 Å². The Morgan fingerprint density at radius 2 is 1.62 bits per heavy atom. The van der Waals surface area contributed by atoms with E-state index in [0.29, 0.717) is 12.5 Å². The van der Waals surface area contributed by atoms with Crippen LogP contribution < -0.4 is 0 Å². The monoisotopic (exact) mass is 353 g/mol. The van der Waals surface area contributed by atoms with Crippen LogP contribution in [0.2, 0.25) is 0 Å². The molecular weight excluding hydrogens is 322 g/mol. The molecule has 3 heteroatoms. The van der Waals surface area contributed by atoms with Gasteiger partial charge in [0.25, 0.3) is 0 Å². The minimum absolute atomic E-state index is 0.266. The molecular formula is C23H31NO2. The second kappa shape index (κ2) is 9.00. The number of nitrogens with zero attached hydrogens (tertiary/aromatic N) is 1. The van der Waals surface area contributed by atoms with E-state index in [9.17, 15) is 4.79 Å². The van der Waals surface area contributed by atoms with Gasteiger partial charge in [-0.15, -0.1) is 0 Å². The van der Waals surface area contributed by atoms with E-state index >= 15 is 0 Å². The summed E-state index contributed by atoms with van der Waals surface area (Å²) in [4.78, 5) is 14.4. The summed E-state index contributed by atoms with van der Waals surface area (Å²) in [5, 5.41) is 0. The van der Waals surface area contributed by atoms with Crippen molar-refractivity contribution < 1.29 is 9.53 Å². The maximum Gasteiger partial charge on any atom is 0.303 e. The number of esters is 1. The average Bonchev–Trinajstić information content (AvgIpc) is 2.67. The number of benzene rings is 2. The molecule has 26 heavy (non-hydrogen) atoms. The fourth-order valence-electron chi connectivity index (χ4n) is 3.75. The molecule has 0 aromatic heterocycles. The Bertz CT molecular complexity index is 709. The molecule has 0 bridgehead atoms. The van der Waals surface area contributed by atoms with Crippen LogP contribution in [0.3, 0.4) is 0 Å². The summed E-state index contributed by atoms with van der Waals surface area (Å²) < 4.78 is 5.95. The molecule has 0 fully saturated rings. The van der Waals surface area contributed by atoms with Crippen LogP contribution in [0.15, 0.2) is 54.6 Å². The molecule has 0 radical (unpaired) electrons. The van der Waals surface area contributed by atoms with Gasteiger partial charge in [0, 0.05) is 24.1 Å². The third-order valence-corrected chi connectivity index (χ3v) is 5.25. The molecule has 0 spiro atoms. The number of hydrogen-bond acceptors (Lipinski definition) is 3. The molecule has 2 atom stereocenters. The van der Waals surface area contributed by atoms with Crippen LogP contribution in [0.25, 0.3) is 0 Å². The lowest BCUT2D eigenvalue weighted by Crippen LogP contribution is -2.33. The van der Waals surface area contributed by atoms with E-state index in [0.717, 1.165) is 24.2 Å². The molecule has 0 aliphatic rings. The predicted molar refractivity (Wildman–Crippen MR) is 107 cm³/mol. The van der Waals surface area contributed by atoms with Crippen molar-refractivity contribution in [1.29, 1.82) is 0 Å². The summed E-state index contributed by atoms with van der Waals surface area (Å²) >= 11 is 0. The van der Waals surface area contributed by atoms with Gasteiger partial charge in [-0.1, -0.05) is 69.3 Å². The Morgan fingerprint density at radius 3 is 2.15 bits per heavy atom. The number of carbonyl (C=O) groups excluding carboxylic acids is 1. The van der Waals surface area contributed by atoms with E-state index in [1.54, 1.807) is 0 Å². The first-order chi connectivity index (χ1) is 12.5. The Balaban J connectivity index is 2.56. The van der Waals surface area contributed by atoms with Crippen molar-refractivity contribution in [2.75, 3.05) is 13.1 Å². The zero-order chi connectivity index (χ0) is 19.2. The second-order valence-electron chi connectivity index (χ2n) is 6.66. The molecule has 0 N–H and O–H groups in total. The highest BCUT2D eigenvalue weighted by atomic mass is 16.6. The van der Waals surface area contributed by atoms with Crippen molar-refractivity contribution in [2.24, 2.45) is 0 Å². The maximum absolute atomic E-state index is 12.0. The van der Waals surface area contributed by atoms with Crippen molar-refractivity contribution in [1.82, 2.24) is 4.90 Å². The minimum atomic E-state index is -0.758. The van der Waals surface area contributed by atoms with E-state index in [4.69, 9.17) is 4.74 Å². The highest BCUT2D eigenvalue weighted by Crippen LogP contribution is 2.38. The van der Waals surface area contributed by atoms with Gasteiger partial charge in [-0.3, -0.25) is 9.69 Å². The summed E-state index contributed by atoms with van der Waals surface area (Å²) in [6.07, 6.45) is 0.680. The van der Waals surface area contributed by atoms with Gasteiger partial charge in [-0.05, 0) is 38.1 Å². The average molecular weight is 354 g/mol. The van der Waals surface area contributed by atoms with Crippen LogP contribution in [0.4, 0.5) is 0 Å². The van der Waals surface area contributed by atoms with Crippen molar-refractivity contribution >= 4 is 5.97 Å². The van der Waals surface area contributed by atoms with E-state index in [1.165, 1.54) is 12.5 Å². The van der Waals surface area contributed by atoms with Gasteiger partial charge in [0.1, 0.15) is 0 Å². The van der Waals surface area contributed by atoms with Crippen LogP contribution in [-0.4, -0.2) is 24.0 Å². The smallest absolute Gasteiger partial charge is 0.303 e. The molecule has 140 valence electrons. The quantitative estimate of drug-likeness (QED) is 0.603. The lowest BCUT2D eigenvalue weighted by molar-refractivity contribution is -0.154. The molecule has 2 rings (SSSR count). The van der Waals surface area contributed by atoms with E-state index in [1.807, 2.05) is 30.3 Å². The number of ether oxygens (including phenoxy) is 1. The Kier molecular flexibility index (Phi) is 6.98. The highest BCUT2D eigenvalue weighted by Gasteiger charge is 2.36. The van der Waals surface area contributed by atoms with Crippen molar-refractivity contribution in [3.63, 3.8) is 0 Å². The molecule has 2 aromatic carbocycles. The van der Waals surface area contributed by atoms with Gasteiger partial charge < -0.3 is 4.74 Å². The summed E-state index contributed by atoms with van der Waals surface area (Å²) in [5.74, 6) is -0.266. The zero-order valence-corrected chi connectivity index (χ0v) is 16.7. The van der Waals surface area contributed by atoms with Crippen LogP contribution in [0.5, 0.6) is 0 Å². The van der Waals surface area contributed by atoms with E-state index in [-0.39, 0.29) is 5.97 Å². The highest BCUT2D eigenvalue weighted by molar-refractivity contribution is 5.67. The van der Waals surface area contributed by atoms with Crippen LogP contribution in [0.1, 0.15) is 63.8 Å². The maximum atomic E-state index is 12.0. The van der Waals surface area contributed by atoms with Gasteiger partial charge in [0.2, 0.25) is 0 Å². The second-order valence-corrected chi connectivity index (χ2v) is 6.66. The molecule has 0 aliphatic heterocycles. The normalized spacial score (nSPS) is 14.7. The van der Waals surface area contributed by atoms with Gasteiger partial charge in [-0.2, -0.15) is 0 Å². The predicted octanol–water partition coefficient (Wildman–Crippen LogP) is 5.31. The summed E-state index contributed by atoms with van der Waals surface area (Å²) in [6.45, 7) is 12.2. The van der Waals surface area contributed by atoms with Gasteiger partial charge in [0.15, 0.2) is 5.60 Å². The SMILES string of the molecule is CCN(CC)C(C)c1cccc(C(CC)(OC(C)=O)c2ccccc2)c1. The minimum Gasteiger partial charge on any atom is -0.449 e.